The number of fused-ring (bicyclic) bond motifs is 3. The van der Waals surface area contributed by atoms with Gasteiger partial charge in [-0.3, -0.25) is 9.78 Å². The predicted octanol–water partition coefficient (Wildman–Crippen LogP) is 5.04. The molecule has 0 amide bonds. The molecule has 2 aromatic heterocycles. The van der Waals surface area contributed by atoms with Crippen LogP contribution < -0.4 is 14.9 Å². The molecule has 0 aliphatic carbocycles. The topological polar surface area (TPSA) is 61.6 Å². The Balaban J connectivity index is 2.15. The number of nitrogens with zero attached hydrogens (tertiary/aromatic N) is 1. The first-order valence-electron chi connectivity index (χ1n) is 8.48. The number of rotatable bonds is 3. The van der Waals surface area contributed by atoms with Crippen LogP contribution >= 0.6 is 0 Å². The van der Waals surface area contributed by atoms with Gasteiger partial charge in [-0.1, -0.05) is 12.1 Å². The van der Waals surface area contributed by atoms with E-state index in [0.29, 0.717) is 16.5 Å². The lowest BCUT2D eigenvalue weighted by Crippen LogP contribution is -2.13. The summed E-state index contributed by atoms with van der Waals surface area (Å²) in [5.41, 5.74) is -2.23. The van der Waals surface area contributed by atoms with Gasteiger partial charge in [0.05, 0.1) is 36.4 Å². The third-order valence-corrected chi connectivity index (χ3v) is 4.63. The second kappa shape index (κ2) is 6.80. The highest BCUT2D eigenvalue weighted by Gasteiger charge is 2.35. The molecule has 0 bridgehead atoms. The molecule has 0 unspecified atom stereocenters. The van der Waals surface area contributed by atoms with Crippen molar-refractivity contribution in [3.8, 4) is 22.8 Å². The molecule has 0 radical (unpaired) electrons. The average molecular weight is 401 g/mol. The van der Waals surface area contributed by atoms with Crippen LogP contribution in [0.1, 0.15) is 5.56 Å². The number of aromatic nitrogens is 1. The highest BCUT2D eigenvalue weighted by atomic mass is 19.4. The van der Waals surface area contributed by atoms with Gasteiger partial charge in [-0.05, 0) is 29.7 Å². The lowest BCUT2D eigenvalue weighted by Gasteiger charge is -2.14. The molecule has 4 rings (SSSR count). The van der Waals surface area contributed by atoms with E-state index in [1.165, 1.54) is 20.4 Å². The molecule has 2 heterocycles. The zero-order valence-corrected chi connectivity index (χ0v) is 15.3. The molecule has 0 spiro atoms. The number of benzene rings is 2. The van der Waals surface area contributed by atoms with Crippen molar-refractivity contribution in [2.24, 2.45) is 0 Å². The number of ether oxygens (including phenoxy) is 2. The lowest BCUT2D eigenvalue weighted by atomic mass is 10.0. The van der Waals surface area contributed by atoms with Crippen LogP contribution in [0.2, 0.25) is 0 Å². The molecule has 0 aliphatic rings. The van der Waals surface area contributed by atoms with Crippen LogP contribution in [-0.4, -0.2) is 19.2 Å². The van der Waals surface area contributed by atoms with Crippen molar-refractivity contribution in [2.45, 2.75) is 6.18 Å². The molecule has 0 saturated heterocycles. The highest BCUT2D eigenvalue weighted by molar-refractivity contribution is 6.10. The molecule has 5 nitrogen and oxygen atoms in total. The number of methoxy groups -OCH3 is 2. The van der Waals surface area contributed by atoms with Crippen molar-refractivity contribution in [1.29, 1.82) is 0 Å². The maximum atomic E-state index is 13.4. The molecule has 0 fully saturated rings. The van der Waals surface area contributed by atoms with Crippen molar-refractivity contribution in [3.63, 3.8) is 0 Å². The maximum Gasteiger partial charge on any atom is 0.418 e. The van der Waals surface area contributed by atoms with E-state index < -0.39 is 22.9 Å². The Morgan fingerprint density at radius 2 is 1.76 bits per heavy atom. The summed E-state index contributed by atoms with van der Waals surface area (Å²) in [6.45, 7) is 0. The maximum absolute atomic E-state index is 13.4. The van der Waals surface area contributed by atoms with Gasteiger partial charge in [-0.2, -0.15) is 13.2 Å². The van der Waals surface area contributed by atoms with Crippen molar-refractivity contribution >= 4 is 21.7 Å². The molecule has 0 atom stereocenters. The van der Waals surface area contributed by atoms with Gasteiger partial charge in [0.2, 0.25) is 5.43 Å². The summed E-state index contributed by atoms with van der Waals surface area (Å²) in [7, 11) is 2.87. The van der Waals surface area contributed by atoms with E-state index in [1.54, 1.807) is 24.3 Å². The number of halogens is 3. The molecule has 4 aromatic rings. The SMILES string of the molecule is COc1ccc2ccc3occ(-c4ncccc4C(F)(F)F)c(=O)c3c2c1OC. The fraction of sp³-hybridized carbons (Fsp3) is 0.143. The van der Waals surface area contributed by atoms with E-state index in [1.807, 2.05) is 0 Å². The van der Waals surface area contributed by atoms with Crippen molar-refractivity contribution in [3.05, 3.63) is 64.6 Å². The molecule has 0 saturated carbocycles. The predicted molar refractivity (Wildman–Crippen MR) is 101 cm³/mol. The normalized spacial score (nSPS) is 11.8. The summed E-state index contributed by atoms with van der Waals surface area (Å²) in [6.07, 6.45) is -2.48. The van der Waals surface area contributed by atoms with Crippen LogP contribution in [-0.2, 0) is 6.18 Å². The standard InChI is InChI=1S/C21H14F3NO4/c1-27-15-8-6-11-5-7-14-17(16(11)20(15)28-2)19(26)12(10-29-14)18-13(21(22,23)24)4-3-9-25-18/h3-10H,1-2H3. The van der Waals surface area contributed by atoms with Gasteiger partial charge in [0.25, 0.3) is 0 Å². The summed E-state index contributed by atoms with van der Waals surface area (Å²) in [4.78, 5) is 17.1. The van der Waals surface area contributed by atoms with Gasteiger partial charge in [0, 0.05) is 11.6 Å². The number of pyridine rings is 1. The van der Waals surface area contributed by atoms with E-state index in [0.717, 1.165) is 18.4 Å². The van der Waals surface area contributed by atoms with Crippen LogP contribution in [0.5, 0.6) is 11.5 Å². The molecule has 29 heavy (non-hydrogen) atoms. The zero-order chi connectivity index (χ0) is 20.8. The Morgan fingerprint density at radius 3 is 2.45 bits per heavy atom. The Labute approximate surface area is 162 Å². The molecule has 0 N–H and O–H groups in total. The largest absolute Gasteiger partial charge is 0.493 e. The second-order valence-corrected chi connectivity index (χ2v) is 6.21. The quantitative estimate of drug-likeness (QED) is 0.450. The first kappa shape index (κ1) is 18.8. The minimum Gasteiger partial charge on any atom is -0.493 e. The average Bonchev–Trinajstić information content (AvgIpc) is 2.72. The fourth-order valence-electron chi connectivity index (χ4n) is 3.36. The highest BCUT2D eigenvalue weighted by Crippen LogP contribution is 2.40. The van der Waals surface area contributed by atoms with Gasteiger partial charge in [0.15, 0.2) is 11.5 Å². The number of alkyl halides is 3. The van der Waals surface area contributed by atoms with Gasteiger partial charge in [0.1, 0.15) is 11.8 Å². The summed E-state index contributed by atoms with van der Waals surface area (Å²) in [5.74, 6) is 0.670. The molecular weight excluding hydrogens is 387 g/mol. The minimum atomic E-state index is -4.68. The van der Waals surface area contributed by atoms with E-state index in [-0.39, 0.29) is 22.3 Å². The third kappa shape index (κ3) is 2.97. The number of hydrogen-bond acceptors (Lipinski definition) is 5. The van der Waals surface area contributed by atoms with Crippen LogP contribution in [0.4, 0.5) is 13.2 Å². The Hall–Kier alpha value is -3.55. The lowest BCUT2D eigenvalue weighted by molar-refractivity contribution is -0.137. The molecular formula is C21H14F3NO4. The third-order valence-electron chi connectivity index (χ3n) is 4.63. The second-order valence-electron chi connectivity index (χ2n) is 6.21. The van der Waals surface area contributed by atoms with Crippen molar-refractivity contribution in [2.75, 3.05) is 14.2 Å². The summed E-state index contributed by atoms with van der Waals surface area (Å²) in [5, 5.41) is 1.13. The zero-order valence-electron chi connectivity index (χ0n) is 15.3. The first-order valence-corrected chi connectivity index (χ1v) is 8.48. The summed E-state index contributed by atoms with van der Waals surface area (Å²) in [6, 6.07) is 8.75. The van der Waals surface area contributed by atoms with Crippen LogP contribution in [0.3, 0.4) is 0 Å². The van der Waals surface area contributed by atoms with Gasteiger partial charge < -0.3 is 13.9 Å². The van der Waals surface area contributed by atoms with Crippen LogP contribution in [0.15, 0.2) is 58.1 Å². The summed E-state index contributed by atoms with van der Waals surface area (Å²) < 4.78 is 56.6. The van der Waals surface area contributed by atoms with E-state index >= 15 is 0 Å². The molecule has 148 valence electrons. The summed E-state index contributed by atoms with van der Waals surface area (Å²) >= 11 is 0. The Kier molecular flexibility index (Phi) is 4.41. The van der Waals surface area contributed by atoms with E-state index in [4.69, 9.17) is 13.9 Å². The van der Waals surface area contributed by atoms with E-state index in [9.17, 15) is 18.0 Å². The van der Waals surface area contributed by atoms with Crippen molar-refractivity contribution < 1.29 is 27.1 Å². The van der Waals surface area contributed by atoms with Crippen molar-refractivity contribution in [1.82, 2.24) is 4.98 Å². The minimum absolute atomic E-state index is 0.0922. The monoisotopic (exact) mass is 401 g/mol. The van der Waals surface area contributed by atoms with Gasteiger partial charge in [-0.15, -0.1) is 0 Å². The smallest absolute Gasteiger partial charge is 0.418 e. The van der Waals surface area contributed by atoms with Crippen LogP contribution in [0.25, 0.3) is 33.0 Å². The van der Waals surface area contributed by atoms with Crippen LogP contribution in [0, 0.1) is 0 Å². The Bertz CT molecular complexity index is 1300. The van der Waals surface area contributed by atoms with Gasteiger partial charge in [-0.25, -0.2) is 0 Å². The Morgan fingerprint density at radius 1 is 1.00 bits per heavy atom. The molecule has 0 aliphatic heterocycles. The van der Waals surface area contributed by atoms with Gasteiger partial charge >= 0.3 is 6.18 Å². The first-order chi connectivity index (χ1) is 13.9. The fourth-order valence-corrected chi connectivity index (χ4v) is 3.36. The molecule has 8 heteroatoms. The molecule has 2 aromatic carbocycles. The van der Waals surface area contributed by atoms with E-state index in [2.05, 4.69) is 4.98 Å². The number of hydrogen-bond donors (Lipinski definition) is 0.